The molecule has 2 aromatic rings. The SMILES string of the molecule is COc1cc([C@@H]2/C(=C(\O)c3ccc(OCC(C)C)c(C)c3)C(=O)C(=O)N2CCCN(C)C)ccc1O. The number of ether oxygens (including phenoxy) is 2. The Kier molecular flexibility index (Phi) is 8.63. The van der Waals surface area contributed by atoms with E-state index in [1.807, 2.05) is 25.9 Å². The molecule has 36 heavy (non-hydrogen) atoms. The maximum Gasteiger partial charge on any atom is 0.295 e. The van der Waals surface area contributed by atoms with Crippen LogP contribution < -0.4 is 9.47 Å². The van der Waals surface area contributed by atoms with E-state index in [9.17, 15) is 19.8 Å². The molecular formula is C28H36N2O6. The van der Waals surface area contributed by atoms with Crippen LogP contribution >= 0.6 is 0 Å². The summed E-state index contributed by atoms with van der Waals surface area (Å²) < 4.78 is 11.1. The number of Topliss-reactive ketones (excluding diaryl/α,β-unsaturated/α-hetero) is 1. The zero-order valence-electron chi connectivity index (χ0n) is 21.9. The van der Waals surface area contributed by atoms with Crippen molar-refractivity contribution < 1.29 is 29.3 Å². The minimum absolute atomic E-state index is 0.00726. The Morgan fingerprint density at radius 2 is 1.83 bits per heavy atom. The fraction of sp³-hybridized carbons (Fsp3) is 0.429. The number of benzene rings is 2. The van der Waals surface area contributed by atoms with Crippen molar-refractivity contribution in [1.82, 2.24) is 9.80 Å². The first-order valence-electron chi connectivity index (χ1n) is 12.1. The van der Waals surface area contributed by atoms with E-state index in [0.717, 1.165) is 12.1 Å². The van der Waals surface area contributed by atoms with E-state index in [1.54, 1.807) is 30.3 Å². The summed E-state index contributed by atoms with van der Waals surface area (Å²) >= 11 is 0. The first-order valence-corrected chi connectivity index (χ1v) is 12.1. The number of nitrogens with zero attached hydrogens (tertiary/aromatic N) is 2. The molecular weight excluding hydrogens is 460 g/mol. The van der Waals surface area contributed by atoms with E-state index in [2.05, 4.69) is 13.8 Å². The Morgan fingerprint density at radius 3 is 2.44 bits per heavy atom. The lowest BCUT2D eigenvalue weighted by molar-refractivity contribution is -0.139. The number of likely N-dealkylation sites (tertiary alicyclic amines) is 1. The number of aliphatic hydroxyl groups excluding tert-OH is 1. The number of carbonyl (C=O) groups is 2. The summed E-state index contributed by atoms with van der Waals surface area (Å²) in [6.07, 6.45) is 0.646. The maximum atomic E-state index is 13.2. The molecule has 8 nitrogen and oxygen atoms in total. The predicted molar refractivity (Wildman–Crippen MR) is 138 cm³/mol. The van der Waals surface area contributed by atoms with E-state index in [-0.39, 0.29) is 22.8 Å². The average molecular weight is 497 g/mol. The van der Waals surface area contributed by atoms with Gasteiger partial charge in [-0.1, -0.05) is 19.9 Å². The molecule has 194 valence electrons. The number of methoxy groups -OCH3 is 1. The highest BCUT2D eigenvalue weighted by Gasteiger charge is 2.46. The van der Waals surface area contributed by atoms with Gasteiger partial charge in [0, 0.05) is 12.1 Å². The quantitative estimate of drug-likeness (QED) is 0.290. The third-order valence-corrected chi connectivity index (χ3v) is 6.08. The number of carbonyl (C=O) groups excluding carboxylic acids is 2. The summed E-state index contributed by atoms with van der Waals surface area (Å²) in [5, 5.41) is 21.4. The number of aryl methyl sites for hydroxylation is 1. The van der Waals surface area contributed by atoms with Gasteiger partial charge < -0.3 is 29.5 Å². The Morgan fingerprint density at radius 1 is 1.11 bits per heavy atom. The molecule has 1 aliphatic heterocycles. The summed E-state index contributed by atoms with van der Waals surface area (Å²) in [7, 11) is 5.30. The van der Waals surface area contributed by atoms with Gasteiger partial charge in [-0.2, -0.15) is 0 Å². The van der Waals surface area contributed by atoms with Gasteiger partial charge in [0.15, 0.2) is 11.5 Å². The van der Waals surface area contributed by atoms with Crippen molar-refractivity contribution in [2.45, 2.75) is 33.2 Å². The van der Waals surface area contributed by atoms with Crippen molar-refractivity contribution in [3.63, 3.8) is 0 Å². The summed E-state index contributed by atoms with van der Waals surface area (Å²) in [6, 6.07) is 9.06. The van der Waals surface area contributed by atoms with Gasteiger partial charge in [0.25, 0.3) is 11.7 Å². The Balaban J connectivity index is 2.09. The molecule has 0 unspecified atom stereocenters. The molecule has 3 rings (SSSR count). The molecule has 1 aliphatic rings. The number of aliphatic hydroxyl groups is 1. The van der Waals surface area contributed by atoms with Gasteiger partial charge in [-0.3, -0.25) is 9.59 Å². The predicted octanol–water partition coefficient (Wildman–Crippen LogP) is 4.12. The zero-order valence-corrected chi connectivity index (χ0v) is 21.9. The Bertz CT molecular complexity index is 1150. The van der Waals surface area contributed by atoms with Crippen molar-refractivity contribution in [3.8, 4) is 17.2 Å². The average Bonchev–Trinajstić information content (AvgIpc) is 3.07. The van der Waals surface area contributed by atoms with Crippen molar-refractivity contribution >= 4 is 17.4 Å². The molecule has 1 fully saturated rings. The highest BCUT2D eigenvalue weighted by molar-refractivity contribution is 6.46. The summed E-state index contributed by atoms with van der Waals surface area (Å²) in [4.78, 5) is 29.8. The summed E-state index contributed by atoms with van der Waals surface area (Å²) in [6.45, 7) is 7.61. The highest BCUT2D eigenvalue weighted by Crippen LogP contribution is 2.42. The van der Waals surface area contributed by atoms with Crippen LogP contribution in [0, 0.1) is 12.8 Å². The fourth-order valence-corrected chi connectivity index (χ4v) is 4.25. The van der Waals surface area contributed by atoms with Gasteiger partial charge in [0.05, 0.1) is 25.3 Å². The summed E-state index contributed by atoms with van der Waals surface area (Å²) in [5.41, 5.74) is 1.80. The third-order valence-electron chi connectivity index (χ3n) is 6.08. The van der Waals surface area contributed by atoms with Gasteiger partial charge >= 0.3 is 0 Å². The summed E-state index contributed by atoms with van der Waals surface area (Å²) in [5.74, 6) is -0.438. The number of aromatic hydroxyl groups is 1. The molecule has 1 amide bonds. The van der Waals surface area contributed by atoms with Gasteiger partial charge in [-0.25, -0.2) is 0 Å². The van der Waals surface area contributed by atoms with E-state index in [4.69, 9.17) is 9.47 Å². The molecule has 2 aromatic carbocycles. The minimum atomic E-state index is -0.821. The fourth-order valence-electron chi connectivity index (χ4n) is 4.25. The number of phenolic OH excluding ortho intramolecular Hbond substituents is 1. The van der Waals surface area contributed by atoms with Gasteiger partial charge in [0.2, 0.25) is 0 Å². The molecule has 8 heteroatoms. The van der Waals surface area contributed by atoms with Gasteiger partial charge in [-0.15, -0.1) is 0 Å². The van der Waals surface area contributed by atoms with E-state index in [0.29, 0.717) is 42.4 Å². The number of phenols is 1. The minimum Gasteiger partial charge on any atom is -0.507 e. The molecule has 0 aromatic heterocycles. The molecule has 1 saturated heterocycles. The highest BCUT2D eigenvalue weighted by atomic mass is 16.5. The number of amides is 1. The normalized spacial score (nSPS) is 17.3. The van der Waals surface area contributed by atoms with Crippen LogP contribution in [0.1, 0.15) is 43.0 Å². The zero-order chi connectivity index (χ0) is 26.6. The van der Waals surface area contributed by atoms with Gasteiger partial charge in [0.1, 0.15) is 11.5 Å². The van der Waals surface area contributed by atoms with Crippen LogP contribution in [-0.2, 0) is 9.59 Å². The number of ketones is 1. The van der Waals surface area contributed by atoms with Crippen LogP contribution in [0.15, 0.2) is 42.0 Å². The molecule has 0 spiro atoms. The van der Waals surface area contributed by atoms with Crippen molar-refractivity contribution in [1.29, 1.82) is 0 Å². The van der Waals surface area contributed by atoms with Crippen molar-refractivity contribution in [2.75, 3.05) is 40.9 Å². The van der Waals surface area contributed by atoms with Crippen molar-refractivity contribution in [3.05, 3.63) is 58.7 Å². The topological polar surface area (TPSA) is 99.5 Å². The maximum absolute atomic E-state index is 13.2. The Hall–Kier alpha value is -3.52. The van der Waals surface area contributed by atoms with Crippen LogP contribution in [0.5, 0.6) is 17.2 Å². The standard InChI is InChI=1S/C28H36N2O6/c1-17(2)16-36-22-11-9-20(14-18(22)3)26(32)24-25(19-8-10-21(31)23(15-19)35-6)30(28(34)27(24)33)13-7-12-29(4)5/h8-11,14-15,17,25,31-32H,7,12-13,16H2,1-6H3/b26-24+/t25-/m1/s1. The first-order chi connectivity index (χ1) is 17.0. The second-order valence-corrected chi connectivity index (χ2v) is 9.77. The molecule has 2 N–H and O–H groups in total. The monoisotopic (exact) mass is 496 g/mol. The van der Waals surface area contributed by atoms with Crippen LogP contribution in [-0.4, -0.2) is 72.6 Å². The van der Waals surface area contributed by atoms with Crippen LogP contribution in [0.25, 0.3) is 5.76 Å². The number of hydrogen-bond donors (Lipinski definition) is 2. The number of hydrogen-bond acceptors (Lipinski definition) is 7. The second-order valence-electron chi connectivity index (χ2n) is 9.77. The lowest BCUT2D eigenvalue weighted by Crippen LogP contribution is -2.32. The van der Waals surface area contributed by atoms with Crippen molar-refractivity contribution in [2.24, 2.45) is 5.92 Å². The molecule has 0 radical (unpaired) electrons. The lowest BCUT2D eigenvalue weighted by Gasteiger charge is -2.26. The van der Waals surface area contributed by atoms with E-state index < -0.39 is 17.7 Å². The first kappa shape index (κ1) is 27.1. The smallest absolute Gasteiger partial charge is 0.295 e. The van der Waals surface area contributed by atoms with Crippen LogP contribution in [0.3, 0.4) is 0 Å². The van der Waals surface area contributed by atoms with Crippen LogP contribution in [0.4, 0.5) is 0 Å². The number of rotatable bonds is 10. The second kappa shape index (κ2) is 11.5. The van der Waals surface area contributed by atoms with Gasteiger partial charge in [-0.05, 0) is 81.4 Å². The third kappa shape index (κ3) is 5.82. The largest absolute Gasteiger partial charge is 0.507 e. The lowest BCUT2D eigenvalue weighted by atomic mass is 9.94. The Labute approximate surface area is 212 Å². The van der Waals surface area contributed by atoms with E-state index in [1.165, 1.54) is 18.1 Å². The molecule has 1 atom stereocenters. The molecule has 0 bridgehead atoms. The molecule has 0 aliphatic carbocycles. The van der Waals surface area contributed by atoms with E-state index >= 15 is 0 Å². The van der Waals surface area contributed by atoms with Crippen LogP contribution in [0.2, 0.25) is 0 Å². The molecule has 1 heterocycles. The molecule has 0 saturated carbocycles.